The van der Waals surface area contributed by atoms with Crippen LogP contribution in [0.1, 0.15) is 0 Å². The number of sulfonamides is 1. The van der Waals surface area contributed by atoms with Gasteiger partial charge >= 0.3 is 0 Å². The number of likely N-dealkylation sites (N-methyl/N-ethyl adjacent to an activating group) is 1. The molecule has 0 unspecified atom stereocenters. The van der Waals surface area contributed by atoms with Gasteiger partial charge in [-0.1, -0.05) is 23.7 Å². The fourth-order valence-corrected chi connectivity index (χ4v) is 3.73. The van der Waals surface area contributed by atoms with Crippen LogP contribution in [0.3, 0.4) is 0 Å². The first-order valence-corrected chi connectivity index (χ1v) is 9.60. The van der Waals surface area contributed by atoms with Crippen LogP contribution in [0.15, 0.2) is 47.4 Å². The SMILES string of the molecule is CN(CC(=O)Nc1ccccc1Cl)S(=O)(=O)c1ccc2c(c1)OCCO2. The van der Waals surface area contributed by atoms with Crippen molar-refractivity contribution >= 4 is 33.2 Å². The standard InChI is InChI=1S/C17H17ClN2O5S/c1-20(11-17(21)19-14-5-3-2-4-13(14)18)26(22,23)12-6-7-15-16(10-12)25-9-8-24-15/h2-7,10H,8-9,11H2,1H3,(H,19,21). The maximum absolute atomic E-state index is 12.7. The molecule has 1 amide bonds. The zero-order chi connectivity index (χ0) is 18.7. The molecule has 0 fully saturated rings. The summed E-state index contributed by atoms with van der Waals surface area (Å²) in [5.74, 6) is 0.363. The third-order valence-electron chi connectivity index (χ3n) is 3.74. The lowest BCUT2D eigenvalue weighted by molar-refractivity contribution is -0.116. The lowest BCUT2D eigenvalue weighted by Gasteiger charge is -2.21. The van der Waals surface area contributed by atoms with Crippen molar-refractivity contribution in [2.24, 2.45) is 0 Å². The molecule has 0 aromatic heterocycles. The Morgan fingerprint density at radius 1 is 1.15 bits per heavy atom. The van der Waals surface area contributed by atoms with E-state index in [1.165, 1.54) is 19.2 Å². The molecular formula is C17H17ClN2O5S. The summed E-state index contributed by atoms with van der Waals surface area (Å²) in [5, 5.41) is 2.97. The molecule has 138 valence electrons. The van der Waals surface area contributed by atoms with Gasteiger partial charge in [-0.3, -0.25) is 4.79 Å². The van der Waals surface area contributed by atoms with E-state index >= 15 is 0 Å². The molecule has 0 radical (unpaired) electrons. The van der Waals surface area contributed by atoms with Crippen LogP contribution < -0.4 is 14.8 Å². The van der Waals surface area contributed by atoms with E-state index in [2.05, 4.69) is 5.32 Å². The molecule has 0 aliphatic carbocycles. The van der Waals surface area contributed by atoms with Gasteiger partial charge in [-0.05, 0) is 24.3 Å². The summed E-state index contributed by atoms with van der Waals surface area (Å²) in [5.41, 5.74) is 0.421. The number of carbonyl (C=O) groups excluding carboxylic acids is 1. The minimum Gasteiger partial charge on any atom is -0.486 e. The topological polar surface area (TPSA) is 84.9 Å². The van der Waals surface area contributed by atoms with Crippen LogP contribution in [0.5, 0.6) is 11.5 Å². The number of para-hydroxylation sites is 1. The normalized spacial score (nSPS) is 13.5. The molecule has 1 N–H and O–H groups in total. The molecule has 0 bridgehead atoms. The van der Waals surface area contributed by atoms with Gasteiger partial charge in [0, 0.05) is 13.1 Å². The third-order valence-corrected chi connectivity index (χ3v) is 5.87. The molecule has 2 aromatic rings. The Morgan fingerprint density at radius 3 is 2.58 bits per heavy atom. The number of carbonyl (C=O) groups is 1. The summed E-state index contributed by atoms with van der Waals surface area (Å²) in [6.45, 7) is 0.412. The van der Waals surface area contributed by atoms with Gasteiger partial charge in [-0.25, -0.2) is 8.42 Å². The predicted octanol–water partition coefficient (Wildman–Crippen LogP) is 2.37. The first-order chi connectivity index (χ1) is 12.4. The van der Waals surface area contributed by atoms with E-state index in [4.69, 9.17) is 21.1 Å². The summed E-state index contributed by atoms with van der Waals surface area (Å²) >= 11 is 5.99. The maximum Gasteiger partial charge on any atom is 0.243 e. The average Bonchev–Trinajstić information content (AvgIpc) is 2.63. The third kappa shape index (κ3) is 3.92. The lowest BCUT2D eigenvalue weighted by atomic mass is 10.3. The zero-order valence-corrected chi connectivity index (χ0v) is 15.5. The van der Waals surface area contributed by atoms with E-state index in [1.54, 1.807) is 30.3 Å². The first kappa shape index (κ1) is 18.5. The van der Waals surface area contributed by atoms with Gasteiger partial charge in [0.2, 0.25) is 15.9 Å². The largest absolute Gasteiger partial charge is 0.486 e. The van der Waals surface area contributed by atoms with Gasteiger partial charge in [0.05, 0.1) is 22.2 Å². The van der Waals surface area contributed by atoms with Crippen molar-refractivity contribution in [2.75, 3.05) is 32.1 Å². The molecule has 7 nitrogen and oxygen atoms in total. The Labute approximate surface area is 156 Å². The van der Waals surface area contributed by atoms with Gasteiger partial charge in [-0.2, -0.15) is 4.31 Å². The Morgan fingerprint density at radius 2 is 1.85 bits per heavy atom. The number of fused-ring (bicyclic) bond motifs is 1. The fraction of sp³-hybridized carbons (Fsp3) is 0.235. The maximum atomic E-state index is 12.7. The predicted molar refractivity (Wildman–Crippen MR) is 97.3 cm³/mol. The Hall–Kier alpha value is -2.29. The number of nitrogens with one attached hydrogen (secondary N) is 1. The quantitative estimate of drug-likeness (QED) is 0.838. The summed E-state index contributed by atoms with van der Waals surface area (Å²) in [6, 6.07) is 11.1. The van der Waals surface area contributed by atoms with Crippen LogP contribution in [-0.4, -0.2) is 45.4 Å². The average molecular weight is 397 g/mol. The number of hydrogen-bond donors (Lipinski definition) is 1. The molecule has 1 heterocycles. The summed E-state index contributed by atoms with van der Waals surface area (Å²) in [6.07, 6.45) is 0. The molecule has 9 heteroatoms. The Balaban J connectivity index is 1.73. The molecule has 26 heavy (non-hydrogen) atoms. The van der Waals surface area contributed by atoms with E-state index in [-0.39, 0.29) is 11.4 Å². The highest BCUT2D eigenvalue weighted by Crippen LogP contribution is 2.33. The van der Waals surface area contributed by atoms with E-state index in [9.17, 15) is 13.2 Å². The Bertz CT molecular complexity index is 933. The zero-order valence-electron chi connectivity index (χ0n) is 13.9. The molecule has 3 rings (SSSR count). The molecule has 1 aliphatic rings. The van der Waals surface area contributed by atoms with Crippen LogP contribution in [-0.2, 0) is 14.8 Å². The second-order valence-corrected chi connectivity index (χ2v) is 8.05. The van der Waals surface area contributed by atoms with E-state index in [0.717, 1.165) is 4.31 Å². The number of rotatable bonds is 5. The van der Waals surface area contributed by atoms with Crippen molar-refractivity contribution in [2.45, 2.75) is 4.90 Å². The molecule has 0 atom stereocenters. The van der Waals surface area contributed by atoms with Crippen LogP contribution in [0.25, 0.3) is 0 Å². The second-order valence-electron chi connectivity index (χ2n) is 5.59. The minimum absolute atomic E-state index is 0.0230. The number of nitrogens with zero attached hydrogens (tertiary/aromatic N) is 1. The minimum atomic E-state index is -3.87. The lowest BCUT2D eigenvalue weighted by Crippen LogP contribution is -2.35. The summed E-state index contributed by atoms with van der Waals surface area (Å²) in [7, 11) is -2.53. The number of hydrogen-bond acceptors (Lipinski definition) is 5. The number of halogens is 1. The Kier molecular flexibility index (Phi) is 5.36. The number of anilines is 1. The van der Waals surface area contributed by atoms with Crippen molar-refractivity contribution in [1.29, 1.82) is 0 Å². The highest BCUT2D eigenvalue weighted by atomic mass is 35.5. The van der Waals surface area contributed by atoms with E-state index < -0.39 is 15.9 Å². The van der Waals surface area contributed by atoms with Crippen LogP contribution in [0, 0.1) is 0 Å². The van der Waals surface area contributed by atoms with Crippen LogP contribution in [0.2, 0.25) is 5.02 Å². The van der Waals surface area contributed by atoms with Crippen molar-refractivity contribution in [1.82, 2.24) is 4.31 Å². The molecule has 0 spiro atoms. The number of benzene rings is 2. The smallest absolute Gasteiger partial charge is 0.243 e. The van der Waals surface area contributed by atoms with Gasteiger partial charge in [0.1, 0.15) is 13.2 Å². The van der Waals surface area contributed by atoms with Gasteiger partial charge in [0.25, 0.3) is 0 Å². The van der Waals surface area contributed by atoms with Gasteiger partial charge < -0.3 is 14.8 Å². The highest BCUT2D eigenvalue weighted by molar-refractivity contribution is 7.89. The second kappa shape index (κ2) is 7.53. The van der Waals surface area contributed by atoms with Crippen LogP contribution >= 0.6 is 11.6 Å². The molecule has 2 aromatic carbocycles. The monoisotopic (exact) mass is 396 g/mol. The first-order valence-electron chi connectivity index (χ1n) is 7.78. The molecule has 0 saturated carbocycles. The van der Waals surface area contributed by atoms with Crippen LogP contribution in [0.4, 0.5) is 5.69 Å². The number of amides is 1. The van der Waals surface area contributed by atoms with Crippen molar-refractivity contribution in [3.63, 3.8) is 0 Å². The van der Waals surface area contributed by atoms with Crippen molar-refractivity contribution in [3.8, 4) is 11.5 Å². The van der Waals surface area contributed by atoms with E-state index in [0.29, 0.717) is 35.4 Å². The van der Waals surface area contributed by atoms with Gasteiger partial charge in [-0.15, -0.1) is 0 Å². The molecule has 1 aliphatic heterocycles. The molecular weight excluding hydrogens is 380 g/mol. The van der Waals surface area contributed by atoms with Gasteiger partial charge in [0.15, 0.2) is 11.5 Å². The summed E-state index contributed by atoms with van der Waals surface area (Å²) in [4.78, 5) is 12.2. The highest BCUT2D eigenvalue weighted by Gasteiger charge is 2.25. The number of ether oxygens (including phenoxy) is 2. The summed E-state index contributed by atoms with van der Waals surface area (Å²) < 4.78 is 37.1. The van der Waals surface area contributed by atoms with Crippen molar-refractivity contribution < 1.29 is 22.7 Å². The molecule has 0 saturated heterocycles. The fourth-order valence-electron chi connectivity index (χ4n) is 2.40. The van der Waals surface area contributed by atoms with Crippen molar-refractivity contribution in [3.05, 3.63) is 47.5 Å². The van der Waals surface area contributed by atoms with E-state index in [1.807, 2.05) is 0 Å².